The van der Waals surface area contributed by atoms with Crippen LogP contribution in [0.5, 0.6) is 0 Å². The van der Waals surface area contributed by atoms with E-state index >= 15 is 0 Å². The molecule has 0 radical (unpaired) electrons. The first-order valence-electron chi connectivity index (χ1n) is 7.06. The SMILES string of the molecule is OC1(C2=COCC2)CCCN(Cc2ccccc2)C1. The van der Waals surface area contributed by atoms with E-state index in [0.717, 1.165) is 51.1 Å². The molecule has 0 saturated carbocycles. The largest absolute Gasteiger partial charge is 0.501 e. The Bertz CT molecular complexity index is 457. The van der Waals surface area contributed by atoms with Crippen LogP contribution in [-0.2, 0) is 11.3 Å². The fraction of sp³-hybridized carbons (Fsp3) is 0.500. The van der Waals surface area contributed by atoms with Gasteiger partial charge in [0.1, 0.15) is 5.60 Å². The quantitative estimate of drug-likeness (QED) is 0.904. The molecular formula is C16H21NO2. The molecule has 19 heavy (non-hydrogen) atoms. The summed E-state index contributed by atoms with van der Waals surface area (Å²) in [6.45, 7) is 3.41. The molecule has 1 aromatic rings. The number of ether oxygens (including phenoxy) is 1. The topological polar surface area (TPSA) is 32.7 Å². The summed E-state index contributed by atoms with van der Waals surface area (Å²) in [4.78, 5) is 2.35. The van der Waals surface area contributed by atoms with Crippen molar-refractivity contribution in [3.8, 4) is 0 Å². The number of hydrogen-bond acceptors (Lipinski definition) is 3. The molecule has 1 aromatic carbocycles. The summed E-state index contributed by atoms with van der Waals surface area (Å²) >= 11 is 0. The van der Waals surface area contributed by atoms with Crippen molar-refractivity contribution < 1.29 is 9.84 Å². The lowest BCUT2D eigenvalue weighted by atomic mass is 9.85. The highest BCUT2D eigenvalue weighted by Gasteiger charge is 2.37. The number of benzene rings is 1. The highest BCUT2D eigenvalue weighted by molar-refractivity contribution is 5.20. The molecule has 3 nitrogen and oxygen atoms in total. The van der Waals surface area contributed by atoms with Crippen molar-refractivity contribution in [1.29, 1.82) is 0 Å². The van der Waals surface area contributed by atoms with Crippen molar-refractivity contribution in [3.05, 3.63) is 47.7 Å². The van der Waals surface area contributed by atoms with Gasteiger partial charge in [-0.3, -0.25) is 4.90 Å². The number of likely N-dealkylation sites (tertiary alicyclic amines) is 1. The van der Waals surface area contributed by atoms with Crippen molar-refractivity contribution in [2.75, 3.05) is 19.7 Å². The Kier molecular flexibility index (Phi) is 3.58. The lowest BCUT2D eigenvalue weighted by Gasteiger charge is -2.39. The predicted molar refractivity (Wildman–Crippen MR) is 74.6 cm³/mol. The maximum absolute atomic E-state index is 10.8. The summed E-state index contributed by atoms with van der Waals surface area (Å²) in [5.41, 5.74) is 1.71. The van der Waals surface area contributed by atoms with Crippen LogP contribution in [0.2, 0.25) is 0 Å². The van der Waals surface area contributed by atoms with Gasteiger partial charge in [-0.25, -0.2) is 0 Å². The van der Waals surface area contributed by atoms with Crippen molar-refractivity contribution >= 4 is 0 Å². The number of nitrogens with zero attached hydrogens (tertiary/aromatic N) is 1. The molecule has 2 aliphatic heterocycles. The van der Waals surface area contributed by atoms with E-state index in [4.69, 9.17) is 4.74 Å². The van der Waals surface area contributed by atoms with Gasteiger partial charge in [0, 0.05) is 25.1 Å². The Balaban J connectivity index is 1.68. The van der Waals surface area contributed by atoms with E-state index in [1.54, 1.807) is 6.26 Å². The van der Waals surface area contributed by atoms with E-state index in [1.165, 1.54) is 5.56 Å². The van der Waals surface area contributed by atoms with Gasteiger partial charge in [0.2, 0.25) is 0 Å². The monoisotopic (exact) mass is 259 g/mol. The molecule has 0 bridgehead atoms. The normalized spacial score (nSPS) is 27.9. The van der Waals surface area contributed by atoms with E-state index < -0.39 is 5.60 Å². The molecule has 0 spiro atoms. The van der Waals surface area contributed by atoms with E-state index in [-0.39, 0.29) is 0 Å². The third-order valence-corrected chi connectivity index (χ3v) is 4.11. The van der Waals surface area contributed by atoms with E-state index in [9.17, 15) is 5.11 Å². The van der Waals surface area contributed by atoms with Crippen LogP contribution in [0.4, 0.5) is 0 Å². The van der Waals surface area contributed by atoms with Crippen molar-refractivity contribution in [2.45, 2.75) is 31.4 Å². The first-order valence-corrected chi connectivity index (χ1v) is 7.06. The molecule has 3 rings (SSSR count). The lowest BCUT2D eigenvalue weighted by molar-refractivity contribution is -0.00540. The highest BCUT2D eigenvalue weighted by atomic mass is 16.5. The Morgan fingerprint density at radius 2 is 2.11 bits per heavy atom. The first-order chi connectivity index (χ1) is 9.26. The van der Waals surface area contributed by atoms with Gasteiger partial charge in [0.15, 0.2) is 0 Å². The molecule has 102 valence electrons. The maximum atomic E-state index is 10.8. The zero-order valence-electron chi connectivity index (χ0n) is 11.2. The zero-order valence-corrected chi connectivity index (χ0v) is 11.2. The molecular weight excluding hydrogens is 238 g/mol. The summed E-state index contributed by atoms with van der Waals surface area (Å²) in [7, 11) is 0. The molecule has 1 fully saturated rings. The number of piperidine rings is 1. The van der Waals surface area contributed by atoms with Crippen LogP contribution in [0.1, 0.15) is 24.8 Å². The Morgan fingerprint density at radius 3 is 2.84 bits per heavy atom. The molecule has 0 amide bonds. The minimum absolute atomic E-state index is 0.677. The summed E-state index contributed by atoms with van der Waals surface area (Å²) in [5, 5.41) is 10.8. The van der Waals surface area contributed by atoms with Gasteiger partial charge in [0.05, 0.1) is 12.9 Å². The summed E-state index contributed by atoms with van der Waals surface area (Å²) in [6.07, 6.45) is 4.54. The lowest BCUT2D eigenvalue weighted by Crippen LogP contribution is -2.48. The van der Waals surface area contributed by atoms with Gasteiger partial charge in [-0.2, -0.15) is 0 Å². The highest BCUT2D eigenvalue weighted by Crippen LogP contribution is 2.33. The molecule has 2 aliphatic rings. The minimum Gasteiger partial charge on any atom is -0.501 e. The standard InChI is InChI=1S/C16H21NO2/c18-16(15-7-10-19-12-15)8-4-9-17(13-16)11-14-5-2-1-3-6-14/h1-3,5-6,12,18H,4,7-11,13H2. The van der Waals surface area contributed by atoms with Crippen LogP contribution in [0, 0.1) is 0 Å². The van der Waals surface area contributed by atoms with Crippen molar-refractivity contribution in [2.24, 2.45) is 0 Å². The van der Waals surface area contributed by atoms with Crippen LogP contribution < -0.4 is 0 Å². The molecule has 1 atom stereocenters. The average molecular weight is 259 g/mol. The van der Waals surface area contributed by atoms with Gasteiger partial charge in [-0.15, -0.1) is 0 Å². The van der Waals surface area contributed by atoms with Gasteiger partial charge in [-0.05, 0) is 24.9 Å². The van der Waals surface area contributed by atoms with E-state index in [2.05, 4.69) is 29.2 Å². The maximum Gasteiger partial charge on any atom is 0.102 e. The minimum atomic E-state index is -0.677. The molecule has 3 heteroatoms. The molecule has 1 unspecified atom stereocenters. The molecule has 0 aliphatic carbocycles. The second-order valence-electron chi connectivity index (χ2n) is 5.60. The Hall–Kier alpha value is -1.32. The molecule has 1 saturated heterocycles. The Labute approximate surface area is 114 Å². The fourth-order valence-corrected chi connectivity index (χ4v) is 3.09. The van der Waals surface area contributed by atoms with E-state index in [1.807, 2.05) is 6.07 Å². The first kappa shape index (κ1) is 12.7. The third-order valence-electron chi connectivity index (χ3n) is 4.11. The second-order valence-corrected chi connectivity index (χ2v) is 5.60. The molecule has 2 heterocycles. The third kappa shape index (κ3) is 2.82. The number of aliphatic hydroxyl groups is 1. The van der Waals surface area contributed by atoms with Crippen molar-refractivity contribution in [1.82, 2.24) is 4.90 Å². The zero-order chi connectivity index (χ0) is 13.1. The van der Waals surface area contributed by atoms with Crippen LogP contribution in [0.15, 0.2) is 42.2 Å². The number of hydrogen-bond donors (Lipinski definition) is 1. The van der Waals surface area contributed by atoms with Crippen LogP contribution in [0.25, 0.3) is 0 Å². The van der Waals surface area contributed by atoms with Crippen LogP contribution in [0.3, 0.4) is 0 Å². The average Bonchev–Trinajstić information content (AvgIpc) is 2.95. The Morgan fingerprint density at radius 1 is 1.26 bits per heavy atom. The smallest absolute Gasteiger partial charge is 0.102 e. The summed E-state index contributed by atoms with van der Waals surface area (Å²) < 4.78 is 5.29. The van der Waals surface area contributed by atoms with Crippen LogP contribution in [-0.4, -0.2) is 35.3 Å². The summed E-state index contributed by atoms with van der Waals surface area (Å²) in [6, 6.07) is 10.5. The summed E-state index contributed by atoms with van der Waals surface area (Å²) in [5.74, 6) is 0. The number of β-amino-alcohol motifs (C(OH)–C–C–N with tert-alkyl or cyclic N) is 1. The van der Waals surface area contributed by atoms with Gasteiger partial charge >= 0.3 is 0 Å². The van der Waals surface area contributed by atoms with Gasteiger partial charge < -0.3 is 9.84 Å². The fourth-order valence-electron chi connectivity index (χ4n) is 3.09. The van der Waals surface area contributed by atoms with Gasteiger partial charge in [-0.1, -0.05) is 30.3 Å². The van der Waals surface area contributed by atoms with Crippen LogP contribution >= 0.6 is 0 Å². The second kappa shape index (κ2) is 5.35. The van der Waals surface area contributed by atoms with Gasteiger partial charge in [0.25, 0.3) is 0 Å². The van der Waals surface area contributed by atoms with E-state index in [0.29, 0.717) is 0 Å². The molecule has 0 aromatic heterocycles. The predicted octanol–water partition coefficient (Wildman–Crippen LogP) is 2.32. The molecule has 1 N–H and O–H groups in total. The number of rotatable bonds is 3. The van der Waals surface area contributed by atoms with Crippen molar-refractivity contribution in [3.63, 3.8) is 0 Å².